The Morgan fingerprint density at radius 3 is 2.89 bits per heavy atom. The molecular weight excluding hydrogens is 372 g/mol. The Balaban J connectivity index is 1.43. The molecule has 0 bridgehead atoms. The van der Waals surface area contributed by atoms with Crippen LogP contribution < -0.4 is 5.32 Å². The number of benzene rings is 1. The minimum atomic E-state index is 0.211. The first kappa shape index (κ1) is 17.2. The van der Waals surface area contributed by atoms with Crippen molar-refractivity contribution in [3.63, 3.8) is 0 Å². The Morgan fingerprint density at radius 1 is 1.14 bits per heavy atom. The highest BCUT2D eigenvalue weighted by atomic mass is 32.1. The molecule has 0 atom stereocenters. The van der Waals surface area contributed by atoms with Crippen LogP contribution in [0.3, 0.4) is 0 Å². The van der Waals surface area contributed by atoms with E-state index in [1.807, 2.05) is 18.4 Å². The van der Waals surface area contributed by atoms with E-state index in [0.717, 1.165) is 38.9 Å². The number of phenolic OH excluding ortho intramolecular Hbond substituents is 1. The van der Waals surface area contributed by atoms with Gasteiger partial charge in [-0.2, -0.15) is 0 Å². The quantitative estimate of drug-likeness (QED) is 0.498. The third kappa shape index (κ3) is 3.46. The van der Waals surface area contributed by atoms with Gasteiger partial charge in [0, 0.05) is 23.9 Å². The van der Waals surface area contributed by atoms with Crippen molar-refractivity contribution < 1.29 is 9.52 Å². The van der Waals surface area contributed by atoms with E-state index in [-0.39, 0.29) is 5.75 Å². The minimum Gasteiger partial charge on any atom is -0.508 e. The summed E-state index contributed by atoms with van der Waals surface area (Å²) in [6.45, 7) is 3.28. The summed E-state index contributed by atoms with van der Waals surface area (Å²) in [5.41, 5.74) is 2.86. The molecule has 1 fully saturated rings. The predicted molar refractivity (Wildman–Crippen MR) is 111 cm³/mol. The van der Waals surface area contributed by atoms with Crippen LogP contribution >= 0.6 is 11.3 Å². The van der Waals surface area contributed by atoms with Crippen LogP contribution in [0.2, 0.25) is 0 Å². The van der Waals surface area contributed by atoms with Crippen LogP contribution in [-0.4, -0.2) is 33.1 Å². The fourth-order valence-electron chi connectivity index (χ4n) is 3.57. The molecule has 7 heteroatoms. The molecule has 0 amide bonds. The molecule has 5 rings (SSSR count). The van der Waals surface area contributed by atoms with E-state index < -0.39 is 0 Å². The number of thiophene rings is 1. The molecule has 0 spiro atoms. The van der Waals surface area contributed by atoms with Crippen molar-refractivity contribution in [1.29, 1.82) is 0 Å². The van der Waals surface area contributed by atoms with Crippen LogP contribution in [0.15, 0.2) is 53.4 Å². The van der Waals surface area contributed by atoms with Crippen molar-refractivity contribution in [2.45, 2.75) is 19.4 Å². The molecule has 1 aromatic carbocycles. The third-order valence-electron chi connectivity index (χ3n) is 4.92. The predicted octanol–water partition coefficient (Wildman–Crippen LogP) is 5.00. The number of nitrogens with zero attached hydrogens (tertiary/aromatic N) is 3. The van der Waals surface area contributed by atoms with E-state index in [1.54, 1.807) is 35.9 Å². The van der Waals surface area contributed by atoms with Gasteiger partial charge in [-0.1, -0.05) is 6.07 Å². The second-order valence-electron chi connectivity index (χ2n) is 7.03. The average Bonchev–Trinajstić information content (AvgIpc) is 3.42. The molecule has 4 heterocycles. The molecule has 2 N–H and O–H groups in total. The second-order valence-corrected chi connectivity index (χ2v) is 8.08. The molecule has 6 nitrogen and oxygen atoms in total. The van der Waals surface area contributed by atoms with E-state index in [4.69, 9.17) is 4.42 Å². The van der Waals surface area contributed by atoms with Crippen LogP contribution in [0.1, 0.15) is 18.4 Å². The summed E-state index contributed by atoms with van der Waals surface area (Å²) >= 11 is 1.60. The number of hydrogen-bond donors (Lipinski definition) is 2. The lowest BCUT2D eigenvalue weighted by Gasteiger charge is -2.11. The van der Waals surface area contributed by atoms with Crippen molar-refractivity contribution in [3.8, 4) is 16.4 Å². The van der Waals surface area contributed by atoms with Gasteiger partial charge in [0.05, 0.1) is 21.4 Å². The maximum atomic E-state index is 9.68. The van der Waals surface area contributed by atoms with Crippen LogP contribution in [0, 0.1) is 0 Å². The summed E-state index contributed by atoms with van der Waals surface area (Å²) in [6, 6.07) is 11.1. The van der Waals surface area contributed by atoms with Crippen LogP contribution in [-0.2, 0) is 6.54 Å². The summed E-state index contributed by atoms with van der Waals surface area (Å²) < 4.78 is 6.80. The number of hydrogen-bond acceptors (Lipinski definition) is 7. The smallest absolute Gasteiger partial charge is 0.151 e. The van der Waals surface area contributed by atoms with Crippen LogP contribution in [0.4, 0.5) is 11.5 Å². The van der Waals surface area contributed by atoms with Gasteiger partial charge in [0.15, 0.2) is 5.82 Å². The first-order valence-corrected chi connectivity index (χ1v) is 10.2. The summed E-state index contributed by atoms with van der Waals surface area (Å²) in [5.74, 6) is 1.79. The van der Waals surface area contributed by atoms with Crippen molar-refractivity contribution in [2.24, 2.45) is 0 Å². The van der Waals surface area contributed by atoms with Gasteiger partial charge >= 0.3 is 0 Å². The monoisotopic (exact) mass is 392 g/mol. The first-order chi connectivity index (χ1) is 13.7. The van der Waals surface area contributed by atoms with Gasteiger partial charge < -0.3 is 14.8 Å². The molecular formula is C21H20N4O2S. The molecule has 4 aromatic rings. The number of fused-ring (bicyclic) bond motifs is 1. The molecule has 1 aliphatic heterocycles. The molecule has 0 radical (unpaired) electrons. The Labute approximate surface area is 166 Å². The lowest BCUT2D eigenvalue weighted by molar-refractivity contribution is 0.330. The number of aromatic nitrogens is 2. The fraction of sp³-hybridized carbons (Fsp3) is 0.238. The highest BCUT2D eigenvalue weighted by Crippen LogP contribution is 2.37. The number of furan rings is 1. The summed E-state index contributed by atoms with van der Waals surface area (Å²) in [6.07, 6.45) is 5.98. The summed E-state index contributed by atoms with van der Waals surface area (Å²) in [5, 5.41) is 12.9. The maximum Gasteiger partial charge on any atom is 0.151 e. The largest absolute Gasteiger partial charge is 0.508 e. The third-order valence-corrected chi connectivity index (χ3v) is 6.07. The second kappa shape index (κ2) is 7.26. The molecule has 0 aliphatic carbocycles. The topological polar surface area (TPSA) is 74.4 Å². The molecule has 0 unspecified atom stereocenters. The van der Waals surface area contributed by atoms with Gasteiger partial charge in [0.25, 0.3) is 0 Å². The maximum absolute atomic E-state index is 9.68. The van der Waals surface area contributed by atoms with E-state index in [2.05, 4.69) is 26.3 Å². The van der Waals surface area contributed by atoms with E-state index in [0.29, 0.717) is 0 Å². The molecule has 0 saturated carbocycles. The highest BCUT2D eigenvalue weighted by Gasteiger charge is 2.16. The van der Waals surface area contributed by atoms with Crippen molar-refractivity contribution in [2.75, 3.05) is 18.4 Å². The zero-order valence-corrected chi connectivity index (χ0v) is 16.1. The Hall–Kier alpha value is -2.90. The molecule has 142 valence electrons. The number of nitrogens with one attached hydrogen (secondary N) is 1. The zero-order chi connectivity index (χ0) is 18.9. The molecule has 1 aliphatic rings. The normalized spacial score (nSPS) is 14.7. The van der Waals surface area contributed by atoms with Crippen molar-refractivity contribution in [1.82, 2.24) is 14.9 Å². The lowest BCUT2D eigenvalue weighted by atomic mass is 10.2. The average molecular weight is 392 g/mol. The van der Waals surface area contributed by atoms with Crippen LogP contribution in [0.5, 0.6) is 5.75 Å². The SMILES string of the molecule is Oc1cccc(Nc2ncnc3cc(-c4cc(CN5CCCC5)co4)sc23)c1. The molecule has 1 saturated heterocycles. The molecule has 3 aromatic heterocycles. The zero-order valence-electron chi connectivity index (χ0n) is 15.3. The Bertz CT molecular complexity index is 1110. The van der Waals surface area contributed by atoms with E-state index in [9.17, 15) is 5.11 Å². The van der Waals surface area contributed by atoms with Gasteiger partial charge in [0.1, 0.15) is 17.8 Å². The Morgan fingerprint density at radius 2 is 2.04 bits per heavy atom. The van der Waals surface area contributed by atoms with E-state index in [1.165, 1.54) is 31.5 Å². The fourth-order valence-corrected chi connectivity index (χ4v) is 4.59. The standard InChI is InChI=1S/C21H20N4O2S/c26-16-5-3-4-15(9-16)24-21-20-17(22-13-23-21)10-19(28-20)18-8-14(12-27-18)11-25-6-1-2-7-25/h3-5,8-10,12-13,26H,1-2,6-7,11H2,(H,22,23,24). The van der Waals surface area contributed by atoms with Gasteiger partial charge in [-0.05, 0) is 50.2 Å². The number of anilines is 2. The number of phenols is 1. The highest BCUT2D eigenvalue weighted by molar-refractivity contribution is 7.22. The van der Waals surface area contributed by atoms with Crippen LogP contribution in [0.25, 0.3) is 20.9 Å². The van der Waals surface area contributed by atoms with Gasteiger partial charge in [-0.3, -0.25) is 4.90 Å². The summed E-state index contributed by atoms with van der Waals surface area (Å²) in [4.78, 5) is 12.3. The molecule has 28 heavy (non-hydrogen) atoms. The first-order valence-electron chi connectivity index (χ1n) is 9.35. The van der Waals surface area contributed by atoms with E-state index >= 15 is 0 Å². The lowest BCUT2D eigenvalue weighted by Crippen LogP contribution is -2.17. The van der Waals surface area contributed by atoms with Gasteiger partial charge in [-0.15, -0.1) is 11.3 Å². The Kier molecular flexibility index (Phi) is 4.46. The summed E-state index contributed by atoms with van der Waals surface area (Å²) in [7, 11) is 0. The number of likely N-dealkylation sites (tertiary alicyclic amines) is 1. The minimum absolute atomic E-state index is 0.211. The number of aromatic hydroxyl groups is 1. The number of rotatable bonds is 5. The van der Waals surface area contributed by atoms with Gasteiger partial charge in [-0.25, -0.2) is 9.97 Å². The van der Waals surface area contributed by atoms with Gasteiger partial charge in [0.2, 0.25) is 0 Å². The van der Waals surface area contributed by atoms with Crippen molar-refractivity contribution in [3.05, 3.63) is 54.6 Å². The van der Waals surface area contributed by atoms with Crippen molar-refractivity contribution >= 4 is 33.1 Å².